The summed E-state index contributed by atoms with van der Waals surface area (Å²) in [7, 11) is 0. The monoisotopic (exact) mass is 424 g/mol. The van der Waals surface area contributed by atoms with Crippen LogP contribution in [0.5, 0.6) is 0 Å². The summed E-state index contributed by atoms with van der Waals surface area (Å²) in [6.07, 6.45) is 0. The predicted octanol–water partition coefficient (Wildman–Crippen LogP) is 4.90. The lowest BCUT2D eigenvalue weighted by Crippen LogP contribution is -2.28. The van der Waals surface area contributed by atoms with Crippen LogP contribution in [-0.2, 0) is 9.53 Å². The molecule has 0 atom stereocenters. The Morgan fingerprint density at radius 1 is 1.07 bits per heavy atom. The fourth-order valence-electron chi connectivity index (χ4n) is 2.91. The van der Waals surface area contributed by atoms with Crippen LogP contribution in [0.2, 0.25) is 5.02 Å². The average molecular weight is 425 g/mol. The lowest BCUT2D eigenvalue weighted by Gasteiger charge is -2.21. The number of hydrogen-bond donors (Lipinski definition) is 1. The van der Waals surface area contributed by atoms with Gasteiger partial charge in [-0.3, -0.25) is 4.79 Å². The summed E-state index contributed by atoms with van der Waals surface area (Å²) in [4.78, 5) is 33.9. The second kappa shape index (κ2) is 8.24. The smallest absolute Gasteiger partial charge is 0.344 e. The highest BCUT2D eigenvalue weighted by Crippen LogP contribution is 2.27. The molecule has 7 heteroatoms. The molecule has 0 saturated heterocycles. The minimum atomic E-state index is -0.754. The summed E-state index contributed by atoms with van der Waals surface area (Å²) >= 11 is 5.96. The first kappa shape index (κ1) is 21.5. The molecule has 1 heterocycles. The third kappa shape index (κ3) is 4.66. The fraction of sp³-hybridized carbons (Fsp3) is 0.217. The number of aliphatic hydroxyl groups excluding tert-OH is 1. The van der Waals surface area contributed by atoms with Crippen molar-refractivity contribution in [3.63, 3.8) is 0 Å². The molecule has 0 bridgehead atoms. The van der Waals surface area contributed by atoms with Crippen LogP contribution in [0.4, 0.5) is 0 Å². The molecule has 0 unspecified atom stereocenters. The SMILES string of the molecule is CC(O)=C(C(=O)OC(C)(C)C)C1=NC(=NC(=O)c2cccc(Cl)c2)c2ccccc21. The summed E-state index contributed by atoms with van der Waals surface area (Å²) in [6.45, 7) is 6.58. The van der Waals surface area contributed by atoms with E-state index in [-0.39, 0.29) is 22.9 Å². The molecular weight excluding hydrogens is 404 g/mol. The molecule has 30 heavy (non-hydrogen) atoms. The first-order valence-corrected chi connectivity index (χ1v) is 9.65. The Hall–Kier alpha value is -3.25. The van der Waals surface area contributed by atoms with Crippen molar-refractivity contribution in [2.45, 2.75) is 33.3 Å². The Kier molecular flexibility index (Phi) is 5.89. The minimum Gasteiger partial charge on any atom is -0.512 e. The number of esters is 1. The topological polar surface area (TPSA) is 88.3 Å². The van der Waals surface area contributed by atoms with Gasteiger partial charge < -0.3 is 9.84 Å². The summed E-state index contributed by atoms with van der Waals surface area (Å²) in [6, 6.07) is 13.5. The first-order valence-electron chi connectivity index (χ1n) is 9.27. The molecule has 0 radical (unpaired) electrons. The molecule has 154 valence electrons. The van der Waals surface area contributed by atoms with E-state index in [1.165, 1.54) is 13.0 Å². The highest BCUT2D eigenvalue weighted by atomic mass is 35.5. The van der Waals surface area contributed by atoms with Gasteiger partial charge in [-0.25, -0.2) is 9.79 Å². The number of amidine groups is 1. The van der Waals surface area contributed by atoms with Gasteiger partial charge in [0, 0.05) is 21.7 Å². The number of amides is 1. The van der Waals surface area contributed by atoms with Gasteiger partial charge in [-0.15, -0.1) is 0 Å². The molecule has 2 aromatic rings. The van der Waals surface area contributed by atoms with Gasteiger partial charge in [0.15, 0.2) is 5.84 Å². The van der Waals surface area contributed by atoms with Crippen LogP contribution < -0.4 is 0 Å². The molecule has 6 nitrogen and oxygen atoms in total. The fourth-order valence-corrected chi connectivity index (χ4v) is 3.10. The molecule has 0 aromatic heterocycles. The van der Waals surface area contributed by atoms with E-state index in [2.05, 4.69) is 9.98 Å². The summed E-state index contributed by atoms with van der Waals surface area (Å²) in [5, 5.41) is 10.6. The molecular formula is C23H21ClN2O4. The number of aliphatic hydroxyl groups is 1. The zero-order valence-electron chi connectivity index (χ0n) is 17.1. The summed E-state index contributed by atoms with van der Waals surface area (Å²) < 4.78 is 5.43. The normalized spacial score (nSPS) is 15.4. The molecule has 1 amide bonds. The van der Waals surface area contributed by atoms with Gasteiger partial charge in [0.25, 0.3) is 5.91 Å². The van der Waals surface area contributed by atoms with Crippen molar-refractivity contribution in [2.75, 3.05) is 0 Å². The standard InChI is InChI=1S/C23H21ClN2O4/c1-13(27)18(22(29)30-23(2,3)4)19-16-10-5-6-11-17(16)20(25-19)26-21(28)14-8-7-9-15(24)12-14/h5-12,27H,1-4H3. The van der Waals surface area contributed by atoms with Gasteiger partial charge in [-0.05, 0) is 45.9 Å². The summed E-state index contributed by atoms with van der Waals surface area (Å²) in [5.74, 6) is -1.32. The molecule has 1 aliphatic heterocycles. The predicted molar refractivity (Wildman–Crippen MR) is 116 cm³/mol. The third-order valence-electron chi connectivity index (χ3n) is 4.12. The maximum Gasteiger partial charge on any atom is 0.344 e. The van der Waals surface area contributed by atoms with Crippen molar-refractivity contribution >= 4 is 35.0 Å². The highest BCUT2D eigenvalue weighted by molar-refractivity contribution is 6.36. The Labute approximate surface area is 179 Å². The van der Waals surface area contributed by atoms with Crippen molar-refractivity contribution in [1.29, 1.82) is 0 Å². The van der Waals surface area contributed by atoms with E-state index in [4.69, 9.17) is 16.3 Å². The number of nitrogens with zero attached hydrogens (tertiary/aromatic N) is 2. The quantitative estimate of drug-likeness (QED) is 0.431. The van der Waals surface area contributed by atoms with E-state index >= 15 is 0 Å². The van der Waals surface area contributed by atoms with Crippen LogP contribution in [0.1, 0.15) is 49.2 Å². The first-order chi connectivity index (χ1) is 14.1. The van der Waals surface area contributed by atoms with Crippen molar-refractivity contribution < 1.29 is 19.4 Å². The van der Waals surface area contributed by atoms with Crippen LogP contribution in [-0.4, -0.2) is 34.1 Å². The lowest BCUT2D eigenvalue weighted by molar-refractivity contribution is -0.149. The van der Waals surface area contributed by atoms with E-state index in [0.717, 1.165) is 0 Å². The number of carbonyl (C=O) groups is 2. The maximum atomic E-state index is 12.7. The Morgan fingerprint density at radius 3 is 2.33 bits per heavy atom. The van der Waals surface area contributed by atoms with E-state index in [1.54, 1.807) is 63.2 Å². The van der Waals surface area contributed by atoms with Gasteiger partial charge in [0.2, 0.25) is 0 Å². The van der Waals surface area contributed by atoms with E-state index in [0.29, 0.717) is 21.7 Å². The number of benzene rings is 2. The van der Waals surface area contributed by atoms with Crippen LogP contribution >= 0.6 is 11.6 Å². The summed E-state index contributed by atoms with van der Waals surface area (Å²) in [5.41, 5.74) is 0.845. The van der Waals surface area contributed by atoms with Crippen molar-refractivity contribution in [3.05, 3.63) is 81.6 Å². The Balaban J connectivity index is 2.08. The van der Waals surface area contributed by atoms with Crippen molar-refractivity contribution in [2.24, 2.45) is 9.98 Å². The van der Waals surface area contributed by atoms with E-state index in [9.17, 15) is 14.7 Å². The lowest BCUT2D eigenvalue weighted by atomic mass is 9.99. The average Bonchev–Trinajstić information content (AvgIpc) is 2.98. The molecule has 3 rings (SSSR count). The van der Waals surface area contributed by atoms with Gasteiger partial charge in [0.05, 0.1) is 5.71 Å². The van der Waals surface area contributed by atoms with Gasteiger partial charge in [0.1, 0.15) is 16.9 Å². The highest BCUT2D eigenvalue weighted by Gasteiger charge is 2.32. The minimum absolute atomic E-state index is 0.0715. The number of fused-ring (bicyclic) bond motifs is 1. The zero-order valence-corrected chi connectivity index (χ0v) is 17.8. The third-order valence-corrected chi connectivity index (χ3v) is 4.36. The van der Waals surface area contributed by atoms with Crippen LogP contribution in [0.3, 0.4) is 0 Å². The molecule has 0 spiro atoms. The van der Waals surface area contributed by atoms with Crippen LogP contribution in [0, 0.1) is 0 Å². The number of aliphatic imine (C=N–C) groups is 2. The number of allylic oxidation sites excluding steroid dienone is 1. The van der Waals surface area contributed by atoms with Crippen molar-refractivity contribution in [3.8, 4) is 0 Å². The molecule has 2 aromatic carbocycles. The molecule has 0 saturated carbocycles. The molecule has 1 aliphatic rings. The van der Waals surface area contributed by atoms with Crippen molar-refractivity contribution in [1.82, 2.24) is 0 Å². The zero-order chi connectivity index (χ0) is 22.1. The number of hydrogen-bond acceptors (Lipinski definition) is 4. The molecule has 0 fully saturated rings. The second-order valence-electron chi connectivity index (χ2n) is 7.72. The number of halogens is 1. The largest absolute Gasteiger partial charge is 0.512 e. The maximum absolute atomic E-state index is 12.7. The Bertz CT molecular complexity index is 1120. The number of carbonyl (C=O) groups excluding carboxylic acids is 2. The van der Waals surface area contributed by atoms with E-state index in [1.807, 2.05) is 0 Å². The second-order valence-corrected chi connectivity index (χ2v) is 8.16. The molecule has 1 N–H and O–H groups in total. The van der Waals surface area contributed by atoms with Gasteiger partial charge in [-0.1, -0.05) is 41.9 Å². The Morgan fingerprint density at radius 2 is 1.73 bits per heavy atom. The number of rotatable bonds is 3. The van der Waals surface area contributed by atoms with Crippen LogP contribution in [0.25, 0.3) is 0 Å². The van der Waals surface area contributed by atoms with Gasteiger partial charge >= 0.3 is 5.97 Å². The van der Waals surface area contributed by atoms with Crippen LogP contribution in [0.15, 0.2) is 69.8 Å². The number of ether oxygens (including phenoxy) is 1. The molecule has 0 aliphatic carbocycles. The van der Waals surface area contributed by atoms with Gasteiger partial charge in [-0.2, -0.15) is 4.99 Å². The van der Waals surface area contributed by atoms with E-state index < -0.39 is 17.5 Å².